The van der Waals surface area contributed by atoms with Crippen LogP contribution in [0.3, 0.4) is 0 Å². The number of hydrogen-bond acceptors (Lipinski definition) is 4. The molecule has 0 amide bonds. The Kier molecular flexibility index (Phi) is 3.23. The highest BCUT2D eigenvalue weighted by Gasteiger charge is 2.17. The van der Waals surface area contributed by atoms with Crippen LogP contribution < -0.4 is 5.73 Å². The van der Waals surface area contributed by atoms with E-state index in [1.54, 1.807) is 6.07 Å². The number of nitrogens with zero attached hydrogens (tertiary/aromatic N) is 2. The Labute approximate surface area is 122 Å². The Morgan fingerprint density at radius 3 is 2.70 bits per heavy atom. The second-order valence-corrected chi connectivity index (χ2v) is 5.05. The second-order valence-electron chi connectivity index (χ2n) is 4.14. The maximum Gasteiger partial charge on any atom is 0.263 e. The summed E-state index contributed by atoms with van der Waals surface area (Å²) in [4.78, 5) is 4.19. The molecule has 0 aliphatic heterocycles. The van der Waals surface area contributed by atoms with Gasteiger partial charge in [-0.15, -0.1) is 0 Å². The molecule has 0 saturated heterocycles. The van der Waals surface area contributed by atoms with E-state index >= 15 is 0 Å². The molecule has 0 unspecified atom stereocenters. The van der Waals surface area contributed by atoms with Crippen molar-refractivity contribution < 1.29 is 8.91 Å². The molecule has 0 atom stereocenters. The van der Waals surface area contributed by atoms with Crippen LogP contribution in [0, 0.1) is 5.82 Å². The minimum Gasteiger partial charge on any atom is -0.398 e. The van der Waals surface area contributed by atoms with Crippen molar-refractivity contribution in [2.45, 2.75) is 0 Å². The van der Waals surface area contributed by atoms with E-state index in [2.05, 4.69) is 26.1 Å². The predicted molar refractivity (Wildman–Crippen MR) is 77.2 cm³/mol. The third kappa shape index (κ3) is 2.30. The van der Waals surface area contributed by atoms with Crippen molar-refractivity contribution in [2.75, 3.05) is 5.73 Å². The van der Waals surface area contributed by atoms with Crippen LogP contribution in [-0.2, 0) is 0 Å². The smallest absolute Gasteiger partial charge is 0.263 e. The van der Waals surface area contributed by atoms with Crippen LogP contribution in [0.25, 0.3) is 22.8 Å². The van der Waals surface area contributed by atoms with Gasteiger partial charge in [0.1, 0.15) is 5.82 Å². The Balaban J connectivity index is 2.07. The SMILES string of the molecule is Nc1cccc(F)c1-c1nc(-c2cccc(Br)c2)no1. The molecule has 0 fully saturated rings. The highest BCUT2D eigenvalue weighted by atomic mass is 79.9. The highest BCUT2D eigenvalue weighted by molar-refractivity contribution is 9.10. The lowest BCUT2D eigenvalue weighted by molar-refractivity contribution is 0.430. The van der Waals surface area contributed by atoms with Gasteiger partial charge in [-0.3, -0.25) is 0 Å². The molecular formula is C14H9BrFN3O. The molecule has 1 heterocycles. The molecule has 0 radical (unpaired) electrons. The van der Waals surface area contributed by atoms with Gasteiger partial charge < -0.3 is 10.3 Å². The molecule has 1 aromatic heterocycles. The monoisotopic (exact) mass is 333 g/mol. The maximum absolute atomic E-state index is 13.8. The van der Waals surface area contributed by atoms with Crippen molar-refractivity contribution in [1.29, 1.82) is 0 Å². The zero-order valence-electron chi connectivity index (χ0n) is 10.2. The molecule has 3 aromatic rings. The van der Waals surface area contributed by atoms with Crippen LogP contribution in [0.15, 0.2) is 51.5 Å². The van der Waals surface area contributed by atoms with E-state index in [9.17, 15) is 4.39 Å². The van der Waals surface area contributed by atoms with Crippen molar-refractivity contribution in [3.8, 4) is 22.8 Å². The zero-order valence-corrected chi connectivity index (χ0v) is 11.8. The molecule has 0 saturated carbocycles. The molecule has 0 spiro atoms. The lowest BCUT2D eigenvalue weighted by atomic mass is 10.1. The van der Waals surface area contributed by atoms with Gasteiger partial charge in [-0.05, 0) is 24.3 Å². The minimum absolute atomic E-state index is 0.0653. The summed E-state index contributed by atoms with van der Waals surface area (Å²) in [7, 11) is 0. The van der Waals surface area contributed by atoms with Crippen molar-refractivity contribution in [1.82, 2.24) is 10.1 Å². The Morgan fingerprint density at radius 1 is 1.15 bits per heavy atom. The van der Waals surface area contributed by atoms with Gasteiger partial charge in [-0.25, -0.2) is 4.39 Å². The number of halogens is 2. The van der Waals surface area contributed by atoms with Gasteiger partial charge in [0.2, 0.25) is 5.82 Å². The van der Waals surface area contributed by atoms with E-state index in [1.807, 2.05) is 24.3 Å². The fourth-order valence-corrected chi connectivity index (χ4v) is 2.24. The quantitative estimate of drug-likeness (QED) is 0.722. The van der Waals surface area contributed by atoms with Gasteiger partial charge in [-0.1, -0.05) is 39.3 Å². The molecule has 100 valence electrons. The first kappa shape index (κ1) is 12.8. The van der Waals surface area contributed by atoms with Gasteiger partial charge in [0.25, 0.3) is 5.89 Å². The van der Waals surface area contributed by atoms with E-state index < -0.39 is 5.82 Å². The summed E-state index contributed by atoms with van der Waals surface area (Å²) in [6.45, 7) is 0. The van der Waals surface area contributed by atoms with Crippen LogP contribution in [0.4, 0.5) is 10.1 Å². The first-order valence-electron chi connectivity index (χ1n) is 5.79. The van der Waals surface area contributed by atoms with E-state index in [0.29, 0.717) is 5.82 Å². The molecule has 4 nitrogen and oxygen atoms in total. The number of aromatic nitrogens is 2. The summed E-state index contributed by atoms with van der Waals surface area (Å²) >= 11 is 3.37. The number of benzene rings is 2. The molecule has 0 aliphatic rings. The standard InChI is InChI=1S/C14H9BrFN3O/c15-9-4-1-3-8(7-9)13-18-14(20-19-13)12-10(16)5-2-6-11(12)17/h1-7H,17H2. The predicted octanol–water partition coefficient (Wildman–Crippen LogP) is 3.89. The van der Waals surface area contributed by atoms with Crippen LogP contribution in [0.2, 0.25) is 0 Å². The number of nitrogens with two attached hydrogens (primary N) is 1. The van der Waals surface area contributed by atoms with Gasteiger partial charge >= 0.3 is 0 Å². The normalized spacial score (nSPS) is 10.7. The summed E-state index contributed by atoms with van der Waals surface area (Å²) in [6, 6.07) is 11.8. The Hall–Kier alpha value is -2.21. The summed E-state index contributed by atoms with van der Waals surface area (Å²) in [5, 5.41) is 3.86. The molecular weight excluding hydrogens is 325 g/mol. The van der Waals surface area contributed by atoms with Crippen molar-refractivity contribution in [3.05, 3.63) is 52.8 Å². The van der Waals surface area contributed by atoms with E-state index in [1.165, 1.54) is 12.1 Å². The highest BCUT2D eigenvalue weighted by Crippen LogP contribution is 2.29. The van der Waals surface area contributed by atoms with Crippen LogP contribution in [0.5, 0.6) is 0 Å². The molecule has 2 aromatic carbocycles. The number of anilines is 1. The largest absolute Gasteiger partial charge is 0.398 e. The van der Waals surface area contributed by atoms with Gasteiger partial charge in [0.05, 0.1) is 5.56 Å². The molecule has 0 bridgehead atoms. The fourth-order valence-electron chi connectivity index (χ4n) is 1.84. The van der Waals surface area contributed by atoms with E-state index in [0.717, 1.165) is 10.0 Å². The Morgan fingerprint density at radius 2 is 1.95 bits per heavy atom. The third-order valence-corrected chi connectivity index (χ3v) is 3.26. The van der Waals surface area contributed by atoms with Gasteiger partial charge in [0.15, 0.2) is 0 Å². The van der Waals surface area contributed by atoms with Crippen LogP contribution in [0.1, 0.15) is 0 Å². The van der Waals surface area contributed by atoms with E-state index in [-0.39, 0.29) is 17.1 Å². The average molecular weight is 334 g/mol. The number of hydrogen-bond donors (Lipinski definition) is 1. The topological polar surface area (TPSA) is 64.9 Å². The third-order valence-electron chi connectivity index (χ3n) is 2.77. The maximum atomic E-state index is 13.8. The van der Waals surface area contributed by atoms with Crippen LogP contribution >= 0.6 is 15.9 Å². The second kappa shape index (κ2) is 5.05. The Bertz CT molecular complexity index is 752. The minimum atomic E-state index is -0.491. The van der Waals surface area contributed by atoms with Crippen LogP contribution in [-0.4, -0.2) is 10.1 Å². The van der Waals surface area contributed by atoms with Crippen molar-refractivity contribution in [3.63, 3.8) is 0 Å². The molecule has 2 N–H and O–H groups in total. The summed E-state index contributed by atoms with van der Waals surface area (Å²) < 4.78 is 19.8. The van der Waals surface area contributed by atoms with Gasteiger partial charge in [0, 0.05) is 15.7 Å². The number of rotatable bonds is 2. The first-order valence-corrected chi connectivity index (χ1v) is 6.58. The van der Waals surface area contributed by atoms with Gasteiger partial charge in [-0.2, -0.15) is 4.98 Å². The summed E-state index contributed by atoms with van der Waals surface area (Å²) in [6.07, 6.45) is 0. The summed E-state index contributed by atoms with van der Waals surface area (Å²) in [5.41, 5.74) is 6.90. The lowest BCUT2D eigenvalue weighted by Gasteiger charge is -2.00. The molecule has 0 aliphatic carbocycles. The molecule has 20 heavy (non-hydrogen) atoms. The van der Waals surface area contributed by atoms with Crippen molar-refractivity contribution in [2.24, 2.45) is 0 Å². The number of nitrogen functional groups attached to an aromatic ring is 1. The van der Waals surface area contributed by atoms with Crippen molar-refractivity contribution >= 4 is 21.6 Å². The zero-order chi connectivity index (χ0) is 14.1. The lowest BCUT2D eigenvalue weighted by Crippen LogP contribution is -1.93. The first-order chi connectivity index (χ1) is 9.65. The average Bonchev–Trinajstić information content (AvgIpc) is 2.88. The molecule has 6 heteroatoms. The summed E-state index contributed by atoms with van der Waals surface area (Å²) in [5.74, 6) is -0.0472. The van der Waals surface area contributed by atoms with E-state index in [4.69, 9.17) is 10.3 Å². The fraction of sp³-hybridized carbons (Fsp3) is 0. The molecule has 3 rings (SSSR count).